The third-order valence-electron chi connectivity index (χ3n) is 4.57. The molecule has 0 saturated carbocycles. The van der Waals surface area contributed by atoms with Crippen molar-refractivity contribution >= 4 is 28.8 Å². The van der Waals surface area contributed by atoms with Gasteiger partial charge in [0.15, 0.2) is 0 Å². The lowest BCUT2D eigenvalue weighted by Gasteiger charge is -2.42. The number of hydrogen-bond acceptors (Lipinski definition) is 5. The van der Waals surface area contributed by atoms with E-state index in [2.05, 4.69) is 15.6 Å². The molecule has 3 rings (SSSR count). The Labute approximate surface area is 157 Å². The van der Waals surface area contributed by atoms with Crippen LogP contribution in [0, 0.1) is 0 Å². The summed E-state index contributed by atoms with van der Waals surface area (Å²) in [6, 6.07) is 9.80. The molecule has 1 aromatic carbocycles. The molecule has 0 aliphatic carbocycles. The second kappa shape index (κ2) is 7.86. The maximum absolute atomic E-state index is 13.0. The summed E-state index contributed by atoms with van der Waals surface area (Å²) in [4.78, 5) is 31.4. The topological polar surface area (TPSA) is 74.3 Å². The Morgan fingerprint density at radius 3 is 2.46 bits per heavy atom. The summed E-state index contributed by atoms with van der Waals surface area (Å²) in [7, 11) is 0. The lowest BCUT2D eigenvalue weighted by atomic mass is 9.85. The minimum atomic E-state index is -0.718. The molecular formula is C19H24N4O2S. The van der Waals surface area contributed by atoms with E-state index < -0.39 is 5.54 Å². The number of piperidine rings is 1. The van der Waals surface area contributed by atoms with E-state index in [0.717, 1.165) is 5.69 Å². The summed E-state index contributed by atoms with van der Waals surface area (Å²) in [6.07, 6.45) is 1.10. The van der Waals surface area contributed by atoms with Crippen LogP contribution in [0.2, 0.25) is 0 Å². The molecule has 2 aromatic rings. The van der Waals surface area contributed by atoms with Crippen LogP contribution in [-0.4, -0.2) is 46.4 Å². The van der Waals surface area contributed by atoms with Gasteiger partial charge in [-0.1, -0.05) is 18.2 Å². The Kier molecular flexibility index (Phi) is 5.56. The fourth-order valence-electron chi connectivity index (χ4n) is 3.18. The second-order valence-electron chi connectivity index (χ2n) is 6.87. The third kappa shape index (κ3) is 4.04. The summed E-state index contributed by atoms with van der Waals surface area (Å²) in [6.45, 7) is 4.94. The first-order valence-electron chi connectivity index (χ1n) is 8.82. The summed E-state index contributed by atoms with van der Waals surface area (Å²) in [5.74, 6) is -0.0825. The van der Waals surface area contributed by atoms with Gasteiger partial charge in [-0.2, -0.15) is 0 Å². The van der Waals surface area contributed by atoms with E-state index in [-0.39, 0.29) is 17.9 Å². The van der Waals surface area contributed by atoms with Gasteiger partial charge in [-0.05, 0) is 38.8 Å². The van der Waals surface area contributed by atoms with Gasteiger partial charge < -0.3 is 15.5 Å². The van der Waals surface area contributed by atoms with Gasteiger partial charge in [0.1, 0.15) is 11.2 Å². The molecule has 1 aliphatic rings. The predicted octanol–water partition coefficient (Wildman–Crippen LogP) is 2.75. The number of anilines is 1. The number of carbonyl (C=O) groups is 2. The van der Waals surface area contributed by atoms with Crippen molar-refractivity contribution in [2.24, 2.45) is 0 Å². The number of thiazole rings is 1. The number of aromatic nitrogens is 1. The SMILES string of the molecule is CC(C)NC(=O)C1(Nc2ccccc2)CCN(C(=O)c2cscn2)CC1. The number of likely N-dealkylation sites (tertiary alicyclic amines) is 1. The number of hydrogen-bond donors (Lipinski definition) is 2. The van der Waals surface area contributed by atoms with Crippen LogP contribution in [-0.2, 0) is 4.79 Å². The molecular weight excluding hydrogens is 348 g/mol. The van der Waals surface area contributed by atoms with Crippen molar-refractivity contribution in [3.63, 3.8) is 0 Å². The van der Waals surface area contributed by atoms with Crippen molar-refractivity contribution in [2.75, 3.05) is 18.4 Å². The molecule has 6 nitrogen and oxygen atoms in total. The van der Waals surface area contributed by atoms with Gasteiger partial charge in [-0.3, -0.25) is 9.59 Å². The zero-order valence-electron chi connectivity index (χ0n) is 15.1. The number of amides is 2. The highest BCUT2D eigenvalue weighted by molar-refractivity contribution is 7.07. The zero-order valence-corrected chi connectivity index (χ0v) is 15.9. The van der Waals surface area contributed by atoms with Crippen molar-refractivity contribution in [1.82, 2.24) is 15.2 Å². The van der Waals surface area contributed by atoms with Crippen LogP contribution in [0.5, 0.6) is 0 Å². The van der Waals surface area contributed by atoms with Gasteiger partial charge in [-0.15, -0.1) is 11.3 Å². The molecule has 0 bridgehead atoms. The number of nitrogens with zero attached hydrogens (tertiary/aromatic N) is 2. The first-order valence-corrected chi connectivity index (χ1v) is 9.76. The fourth-order valence-corrected chi connectivity index (χ4v) is 3.70. The molecule has 1 fully saturated rings. The molecule has 1 saturated heterocycles. The van der Waals surface area contributed by atoms with Crippen LogP contribution in [0.25, 0.3) is 0 Å². The molecule has 0 atom stereocenters. The second-order valence-corrected chi connectivity index (χ2v) is 7.59. The van der Waals surface area contributed by atoms with E-state index in [1.165, 1.54) is 11.3 Å². The summed E-state index contributed by atoms with van der Waals surface area (Å²) >= 11 is 1.41. The summed E-state index contributed by atoms with van der Waals surface area (Å²) in [5, 5.41) is 8.22. The highest BCUT2D eigenvalue weighted by Crippen LogP contribution is 2.28. The molecule has 1 aromatic heterocycles. The molecule has 0 radical (unpaired) electrons. The minimum Gasteiger partial charge on any atom is -0.371 e. The quantitative estimate of drug-likeness (QED) is 0.846. The van der Waals surface area contributed by atoms with E-state index in [1.54, 1.807) is 15.8 Å². The zero-order chi connectivity index (χ0) is 18.6. The summed E-state index contributed by atoms with van der Waals surface area (Å²) < 4.78 is 0. The Hall–Kier alpha value is -2.41. The average molecular weight is 372 g/mol. The molecule has 2 amide bonds. The Bertz CT molecular complexity index is 738. The minimum absolute atomic E-state index is 0.0166. The van der Waals surface area contributed by atoms with Crippen LogP contribution in [0.3, 0.4) is 0 Å². The highest BCUT2D eigenvalue weighted by Gasteiger charge is 2.42. The smallest absolute Gasteiger partial charge is 0.273 e. The number of nitrogens with one attached hydrogen (secondary N) is 2. The highest BCUT2D eigenvalue weighted by atomic mass is 32.1. The molecule has 7 heteroatoms. The van der Waals surface area contributed by atoms with Crippen molar-refractivity contribution in [3.05, 3.63) is 46.9 Å². The van der Waals surface area contributed by atoms with Crippen LogP contribution in [0.4, 0.5) is 5.69 Å². The Morgan fingerprint density at radius 2 is 1.88 bits per heavy atom. The maximum Gasteiger partial charge on any atom is 0.273 e. The van der Waals surface area contributed by atoms with Gasteiger partial charge in [0.25, 0.3) is 5.91 Å². The average Bonchev–Trinajstić information content (AvgIpc) is 3.17. The van der Waals surface area contributed by atoms with E-state index in [9.17, 15) is 9.59 Å². The first-order chi connectivity index (χ1) is 12.5. The monoisotopic (exact) mass is 372 g/mol. The molecule has 0 unspecified atom stereocenters. The van der Waals surface area contributed by atoms with Crippen LogP contribution in [0.1, 0.15) is 37.2 Å². The van der Waals surface area contributed by atoms with Crippen LogP contribution >= 0.6 is 11.3 Å². The lowest BCUT2D eigenvalue weighted by Crippen LogP contribution is -2.60. The van der Waals surface area contributed by atoms with Gasteiger partial charge in [0.05, 0.1) is 5.51 Å². The van der Waals surface area contributed by atoms with Crippen LogP contribution < -0.4 is 10.6 Å². The van der Waals surface area contributed by atoms with E-state index in [1.807, 2.05) is 44.2 Å². The van der Waals surface area contributed by atoms with Crippen LogP contribution in [0.15, 0.2) is 41.2 Å². The van der Waals surface area contributed by atoms with E-state index >= 15 is 0 Å². The van der Waals surface area contributed by atoms with E-state index in [0.29, 0.717) is 31.6 Å². The first kappa shape index (κ1) is 18.4. The van der Waals surface area contributed by atoms with E-state index in [4.69, 9.17) is 0 Å². The standard InChI is InChI=1S/C19H24N4O2S/c1-14(2)21-18(25)19(22-15-6-4-3-5-7-15)8-10-23(11-9-19)17(24)16-12-26-13-20-16/h3-7,12-14,22H,8-11H2,1-2H3,(H,21,25). The number of para-hydroxylation sites is 1. The van der Waals surface area contributed by atoms with Gasteiger partial charge in [0, 0.05) is 30.2 Å². The molecule has 0 spiro atoms. The van der Waals surface area contributed by atoms with Crippen molar-refractivity contribution in [3.8, 4) is 0 Å². The Balaban J connectivity index is 1.75. The van der Waals surface area contributed by atoms with Gasteiger partial charge in [-0.25, -0.2) is 4.98 Å². The predicted molar refractivity (Wildman–Crippen MR) is 103 cm³/mol. The lowest BCUT2D eigenvalue weighted by molar-refractivity contribution is -0.127. The van der Waals surface area contributed by atoms with Gasteiger partial charge in [0.2, 0.25) is 5.91 Å². The normalized spacial score (nSPS) is 16.3. The fraction of sp³-hybridized carbons (Fsp3) is 0.421. The number of benzene rings is 1. The van der Waals surface area contributed by atoms with Gasteiger partial charge >= 0.3 is 0 Å². The number of carbonyl (C=O) groups excluding carboxylic acids is 2. The third-order valence-corrected chi connectivity index (χ3v) is 5.15. The number of rotatable bonds is 5. The molecule has 2 N–H and O–H groups in total. The maximum atomic E-state index is 13.0. The Morgan fingerprint density at radius 1 is 1.19 bits per heavy atom. The summed E-state index contributed by atoms with van der Waals surface area (Å²) in [5.41, 5.74) is 2.33. The molecule has 26 heavy (non-hydrogen) atoms. The van der Waals surface area contributed by atoms with Crippen molar-refractivity contribution < 1.29 is 9.59 Å². The molecule has 138 valence electrons. The molecule has 2 heterocycles. The van der Waals surface area contributed by atoms with Crippen molar-refractivity contribution in [2.45, 2.75) is 38.3 Å². The molecule has 1 aliphatic heterocycles. The largest absolute Gasteiger partial charge is 0.371 e. The van der Waals surface area contributed by atoms with Crippen molar-refractivity contribution in [1.29, 1.82) is 0 Å².